The molecular weight excluding hydrogens is 484 g/mol. The molecule has 38 heavy (non-hydrogen) atoms. The molecule has 0 saturated carbocycles. The standard InChI is InChI=1S/C28H30N6O4/c1-18-5-8-21(9-6-18)34-27-25(19(2)31-34)26(29-24(30-27)16-36-3)32-11-4-12-33(14-13-32)28(35)20-7-10-22-23(15-20)38-17-37-22/h5-10,15H,4,11-14,16-17H2,1-3H3. The summed E-state index contributed by atoms with van der Waals surface area (Å²) in [4.78, 5) is 27.2. The summed E-state index contributed by atoms with van der Waals surface area (Å²) in [7, 11) is 1.64. The average Bonchev–Trinajstić information content (AvgIpc) is 3.44. The van der Waals surface area contributed by atoms with Gasteiger partial charge in [-0.15, -0.1) is 0 Å². The lowest BCUT2D eigenvalue weighted by molar-refractivity contribution is 0.0766. The highest BCUT2D eigenvalue weighted by atomic mass is 16.7. The van der Waals surface area contributed by atoms with Gasteiger partial charge in [-0.1, -0.05) is 17.7 Å². The van der Waals surface area contributed by atoms with Crippen molar-refractivity contribution in [2.75, 3.05) is 45.0 Å². The zero-order valence-electron chi connectivity index (χ0n) is 21.8. The minimum absolute atomic E-state index is 0.0126. The van der Waals surface area contributed by atoms with Crippen LogP contribution in [0.5, 0.6) is 11.5 Å². The summed E-state index contributed by atoms with van der Waals surface area (Å²) in [5.74, 6) is 2.70. The number of amides is 1. The first-order valence-corrected chi connectivity index (χ1v) is 12.8. The third-order valence-corrected chi connectivity index (χ3v) is 6.98. The number of hydrogen-bond acceptors (Lipinski definition) is 8. The van der Waals surface area contributed by atoms with E-state index in [9.17, 15) is 4.79 Å². The fourth-order valence-electron chi connectivity index (χ4n) is 5.04. The number of fused-ring (bicyclic) bond motifs is 2. The summed E-state index contributed by atoms with van der Waals surface area (Å²) in [5.41, 5.74) is 4.34. The van der Waals surface area contributed by atoms with E-state index in [0.29, 0.717) is 49.1 Å². The number of methoxy groups -OCH3 is 1. The highest BCUT2D eigenvalue weighted by molar-refractivity contribution is 5.95. The van der Waals surface area contributed by atoms with Crippen molar-refractivity contribution in [2.24, 2.45) is 0 Å². The Hall–Kier alpha value is -4.18. The molecule has 2 aromatic heterocycles. The Morgan fingerprint density at radius 1 is 0.974 bits per heavy atom. The van der Waals surface area contributed by atoms with Crippen LogP contribution in [0.1, 0.15) is 33.9 Å². The molecule has 2 aliphatic rings. The summed E-state index contributed by atoms with van der Waals surface area (Å²) < 4.78 is 18.1. The first kappa shape index (κ1) is 24.2. The fraction of sp³-hybridized carbons (Fsp3) is 0.357. The van der Waals surface area contributed by atoms with Gasteiger partial charge < -0.3 is 24.0 Å². The van der Waals surface area contributed by atoms with Gasteiger partial charge in [0.2, 0.25) is 6.79 Å². The summed E-state index contributed by atoms with van der Waals surface area (Å²) in [5, 5.41) is 5.76. The Bertz CT molecular complexity index is 1500. The highest BCUT2D eigenvalue weighted by Gasteiger charge is 2.26. The van der Waals surface area contributed by atoms with Crippen molar-refractivity contribution in [1.29, 1.82) is 0 Å². The van der Waals surface area contributed by atoms with Crippen LogP contribution in [0, 0.1) is 13.8 Å². The first-order valence-electron chi connectivity index (χ1n) is 12.8. The van der Waals surface area contributed by atoms with Crippen LogP contribution in [0.2, 0.25) is 0 Å². The van der Waals surface area contributed by atoms with Gasteiger partial charge in [-0.05, 0) is 50.6 Å². The second-order valence-electron chi connectivity index (χ2n) is 9.63. The number of ether oxygens (including phenoxy) is 3. The molecule has 10 nitrogen and oxygen atoms in total. The molecule has 2 aliphatic heterocycles. The van der Waals surface area contributed by atoms with Crippen LogP contribution in [0.25, 0.3) is 16.7 Å². The number of anilines is 1. The van der Waals surface area contributed by atoms with E-state index >= 15 is 0 Å². The monoisotopic (exact) mass is 514 g/mol. The molecule has 0 N–H and O–H groups in total. The molecule has 1 fully saturated rings. The highest BCUT2D eigenvalue weighted by Crippen LogP contribution is 2.33. The predicted molar refractivity (Wildman–Crippen MR) is 142 cm³/mol. The van der Waals surface area contributed by atoms with Crippen LogP contribution in [0.15, 0.2) is 42.5 Å². The van der Waals surface area contributed by atoms with E-state index in [-0.39, 0.29) is 12.7 Å². The lowest BCUT2D eigenvalue weighted by Crippen LogP contribution is -2.35. The minimum atomic E-state index is -0.0126. The van der Waals surface area contributed by atoms with Gasteiger partial charge >= 0.3 is 0 Å². The van der Waals surface area contributed by atoms with Gasteiger partial charge in [0, 0.05) is 38.9 Å². The molecule has 0 aliphatic carbocycles. The molecule has 1 amide bonds. The Morgan fingerprint density at radius 2 is 1.79 bits per heavy atom. The van der Waals surface area contributed by atoms with E-state index in [4.69, 9.17) is 29.3 Å². The van der Waals surface area contributed by atoms with Crippen molar-refractivity contribution in [2.45, 2.75) is 26.9 Å². The van der Waals surface area contributed by atoms with E-state index in [1.54, 1.807) is 25.3 Å². The van der Waals surface area contributed by atoms with Crippen LogP contribution in [0.4, 0.5) is 5.82 Å². The fourth-order valence-corrected chi connectivity index (χ4v) is 5.04. The number of benzene rings is 2. The van der Waals surface area contributed by atoms with Gasteiger partial charge in [0.25, 0.3) is 5.91 Å². The number of rotatable bonds is 5. The predicted octanol–water partition coefficient (Wildman–Crippen LogP) is 3.66. The second kappa shape index (κ2) is 9.94. The summed E-state index contributed by atoms with van der Waals surface area (Å²) in [6, 6.07) is 13.6. The topological polar surface area (TPSA) is 94.8 Å². The molecule has 0 atom stereocenters. The van der Waals surface area contributed by atoms with Crippen molar-refractivity contribution in [3.05, 3.63) is 65.1 Å². The van der Waals surface area contributed by atoms with E-state index in [1.807, 2.05) is 28.6 Å². The molecule has 0 bridgehead atoms. The quantitative estimate of drug-likeness (QED) is 0.398. The lowest BCUT2D eigenvalue weighted by atomic mass is 10.1. The molecule has 4 heterocycles. The second-order valence-corrected chi connectivity index (χ2v) is 9.63. The number of aryl methyl sites for hydroxylation is 2. The lowest BCUT2D eigenvalue weighted by Gasteiger charge is -2.24. The summed E-state index contributed by atoms with van der Waals surface area (Å²) >= 11 is 0. The molecule has 10 heteroatoms. The van der Waals surface area contributed by atoms with E-state index < -0.39 is 0 Å². The minimum Gasteiger partial charge on any atom is -0.454 e. The number of nitrogens with zero attached hydrogens (tertiary/aromatic N) is 6. The van der Waals surface area contributed by atoms with E-state index in [1.165, 1.54) is 5.56 Å². The Labute approximate surface area is 220 Å². The largest absolute Gasteiger partial charge is 0.454 e. The third kappa shape index (κ3) is 4.41. The number of aromatic nitrogens is 4. The maximum Gasteiger partial charge on any atom is 0.254 e. The van der Waals surface area contributed by atoms with Crippen molar-refractivity contribution >= 4 is 22.8 Å². The molecule has 0 radical (unpaired) electrons. The summed E-state index contributed by atoms with van der Waals surface area (Å²) in [6.07, 6.45) is 0.812. The van der Waals surface area contributed by atoms with Crippen LogP contribution in [-0.2, 0) is 11.3 Å². The molecule has 196 valence electrons. The van der Waals surface area contributed by atoms with E-state index in [2.05, 4.69) is 24.0 Å². The van der Waals surface area contributed by atoms with Gasteiger partial charge in [-0.3, -0.25) is 4.79 Å². The van der Waals surface area contributed by atoms with Crippen LogP contribution >= 0.6 is 0 Å². The maximum absolute atomic E-state index is 13.3. The third-order valence-electron chi connectivity index (χ3n) is 6.98. The Kier molecular flexibility index (Phi) is 6.32. The molecular formula is C28H30N6O4. The van der Waals surface area contributed by atoms with Crippen molar-refractivity contribution < 1.29 is 19.0 Å². The number of carbonyl (C=O) groups excluding carboxylic acids is 1. The van der Waals surface area contributed by atoms with Crippen molar-refractivity contribution in [3.63, 3.8) is 0 Å². The van der Waals surface area contributed by atoms with Crippen LogP contribution in [0.3, 0.4) is 0 Å². The van der Waals surface area contributed by atoms with Gasteiger partial charge in [0.15, 0.2) is 23.0 Å². The van der Waals surface area contributed by atoms with Crippen molar-refractivity contribution in [3.8, 4) is 17.2 Å². The zero-order valence-corrected chi connectivity index (χ0v) is 21.8. The normalized spacial score (nSPS) is 15.2. The molecule has 2 aromatic carbocycles. The molecule has 1 saturated heterocycles. The number of hydrogen-bond donors (Lipinski definition) is 0. The average molecular weight is 515 g/mol. The van der Waals surface area contributed by atoms with Crippen LogP contribution < -0.4 is 14.4 Å². The Morgan fingerprint density at radius 3 is 2.61 bits per heavy atom. The maximum atomic E-state index is 13.3. The zero-order chi connectivity index (χ0) is 26.2. The van der Waals surface area contributed by atoms with Crippen molar-refractivity contribution in [1.82, 2.24) is 24.6 Å². The smallest absolute Gasteiger partial charge is 0.254 e. The summed E-state index contributed by atoms with van der Waals surface area (Å²) in [6.45, 7) is 7.17. The molecule has 6 rings (SSSR count). The van der Waals surface area contributed by atoms with E-state index in [0.717, 1.165) is 41.2 Å². The SMILES string of the molecule is COCc1nc(N2CCCN(C(=O)c3ccc4c(c3)OCO4)CC2)c2c(C)nn(-c3ccc(C)cc3)c2n1. The Balaban J connectivity index is 1.31. The van der Waals surface area contributed by atoms with Gasteiger partial charge in [0.05, 0.1) is 16.8 Å². The molecule has 0 spiro atoms. The molecule has 4 aromatic rings. The number of carbonyl (C=O) groups is 1. The van der Waals surface area contributed by atoms with Crippen LogP contribution in [-0.4, -0.2) is 70.6 Å². The van der Waals surface area contributed by atoms with Gasteiger partial charge in [-0.25, -0.2) is 14.6 Å². The van der Waals surface area contributed by atoms with Gasteiger partial charge in [0.1, 0.15) is 12.4 Å². The molecule has 0 unspecified atom stereocenters. The first-order chi connectivity index (χ1) is 18.5. The van der Waals surface area contributed by atoms with Gasteiger partial charge in [-0.2, -0.15) is 5.10 Å².